The molecular formula is C12H16Br2N2. The van der Waals surface area contributed by atoms with E-state index in [1.807, 2.05) is 12.3 Å². The van der Waals surface area contributed by atoms with Crippen LogP contribution in [0.25, 0.3) is 0 Å². The van der Waals surface area contributed by atoms with E-state index < -0.39 is 0 Å². The van der Waals surface area contributed by atoms with Crippen LogP contribution in [0, 0.1) is 0 Å². The fraction of sp³-hybridized carbons (Fsp3) is 0.583. The summed E-state index contributed by atoms with van der Waals surface area (Å²) in [5.74, 6) is 1.06. The standard InChI is InChI=1S/C12H16Br2N2/c1-16(11-5-3-2-4-10(11)14)12-7-6-9(13)8-15-12/h6-8,10-11H,2-5H2,1H3. The summed E-state index contributed by atoms with van der Waals surface area (Å²) in [6.45, 7) is 0. The highest BCUT2D eigenvalue weighted by Crippen LogP contribution is 2.30. The van der Waals surface area contributed by atoms with Crippen LogP contribution in [0.15, 0.2) is 22.8 Å². The third-order valence-electron chi connectivity index (χ3n) is 3.22. The molecule has 2 rings (SSSR count). The molecule has 1 aliphatic carbocycles. The molecule has 1 fully saturated rings. The molecule has 1 aromatic heterocycles. The molecule has 0 aromatic carbocycles. The molecule has 1 aliphatic rings. The van der Waals surface area contributed by atoms with E-state index in [4.69, 9.17) is 0 Å². The zero-order valence-electron chi connectivity index (χ0n) is 9.37. The van der Waals surface area contributed by atoms with Crippen LogP contribution in [0.1, 0.15) is 25.7 Å². The van der Waals surface area contributed by atoms with Crippen molar-refractivity contribution in [2.24, 2.45) is 0 Å². The quantitative estimate of drug-likeness (QED) is 0.752. The first-order chi connectivity index (χ1) is 7.68. The molecule has 0 spiro atoms. The predicted molar refractivity (Wildman–Crippen MR) is 75.3 cm³/mol. The summed E-state index contributed by atoms with van der Waals surface area (Å²) in [5.41, 5.74) is 0. The minimum Gasteiger partial charge on any atom is -0.356 e. The number of alkyl halides is 1. The molecule has 0 amide bonds. The van der Waals surface area contributed by atoms with Gasteiger partial charge in [0.05, 0.1) is 0 Å². The van der Waals surface area contributed by atoms with Gasteiger partial charge in [0.25, 0.3) is 0 Å². The summed E-state index contributed by atoms with van der Waals surface area (Å²) in [7, 11) is 2.14. The van der Waals surface area contributed by atoms with Crippen molar-refractivity contribution < 1.29 is 0 Å². The Morgan fingerprint density at radius 1 is 1.31 bits per heavy atom. The molecule has 88 valence electrons. The fourth-order valence-electron chi connectivity index (χ4n) is 2.25. The maximum atomic E-state index is 4.45. The van der Waals surface area contributed by atoms with Gasteiger partial charge in [-0.3, -0.25) is 0 Å². The zero-order valence-corrected chi connectivity index (χ0v) is 12.5. The monoisotopic (exact) mass is 346 g/mol. The first-order valence-corrected chi connectivity index (χ1v) is 7.38. The second-order valence-corrected chi connectivity index (χ2v) is 6.41. The Balaban J connectivity index is 2.11. The van der Waals surface area contributed by atoms with Crippen molar-refractivity contribution >= 4 is 37.7 Å². The van der Waals surface area contributed by atoms with Crippen LogP contribution in [0.4, 0.5) is 5.82 Å². The maximum absolute atomic E-state index is 4.45. The van der Waals surface area contributed by atoms with E-state index in [1.165, 1.54) is 25.7 Å². The number of aromatic nitrogens is 1. The molecule has 16 heavy (non-hydrogen) atoms. The van der Waals surface area contributed by atoms with E-state index in [0.717, 1.165) is 10.3 Å². The first-order valence-electron chi connectivity index (χ1n) is 5.67. The van der Waals surface area contributed by atoms with Gasteiger partial charge >= 0.3 is 0 Å². The molecule has 2 nitrogen and oxygen atoms in total. The summed E-state index contributed by atoms with van der Waals surface area (Å²) < 4.78 is 1.03. The van der Waals surface area contributed by atoms with Gasteiger partial charge in [-0.2, -0.15) is 0 Å². The lowest BCUT2D eigenvalue weighted by Crippen LogP contribution is -2.41. The van der Waals surface area contributed by atoms with Gasteiger partial charge in [0, 0.05) is 28.6 Å². The van der Waals surface area contributed by atoms with E-state index >= 15 is 0 Å². The van der Waals surface area contributed by atoms with Crippen molar-refractivity contribution in [2.75, 3.05) is 11.9 Å². The SMILES string of the molecule is CN(c1ccc(Br)cn1)C1CCCCC1Br. The number of pyridine rings is 1. The number of nitrogens with zero attached hydrogens (tertiary/aromatic N) is 2. The van der Waals surface area contributed by atoms with E-state index in [1.54, 1.807) is 0 Å². The topological polar surface area (TPSA) is 16.1 Å². The lowest BCUT2D eigenvalue weighted by Gasteiger charge is -2.35. The van der Waals surface area contributed by atoms with Gasteiger partial charge < -0.3 is 4.90 Å². The molecular weight excluding hydrogens is 332 g/mol. The molecule has 0 saturated heterocycles. The average Bonchev–Trinajstić information content (AvgIpc) is 2.30. The second-order valence-electron chi connectivity index (χ2n) is 4.31. The lowest BCUT2D eigenvalue weighted by atomic mass is 9.94. The highest BCUT2D eigenvalue weighted by molar-refractivity contribution is 9.10. The minimum absolute atomic E-state index is 0.572. The molecule has 1 heterocycles. The maximum Gasteiger partial charge on any atom is 0.128 e. The van der Waals surface area contributed by atoms with Crippen molar-refractivity contribution in [2.45, 2.75) is 36.6 Å². The number of halogens is 2. The summed E-state index contributed by atoms with van der Waals surface area (Å²) in [4.78, 5) is 7.34. The van der Waals surface area contributed by atoms with E-state index in [2.05, 4.69) is 54.9 Å². The summed E-state index contributed by atoms with van der Waals surface area (Å²) in [5, 5.41) is 0. The number of hydrogen-bond acceptors (Lipinski definition) is 2. The van der Waals surface area contributed by atoms with Crippen LogP contribution in [-0.2, 0) is 0 Å². The third-order valence-corrected chi connectivity index (χ3v) is 4.76. The molecule has 0 radical (unpaired) electrons. The van der Waals surface area contributed by atoms with Gasteiger partial charge in [0.1, 0.15) is 5.82 Å². The molecule has 0 bridgehead atoms. The second kappa shape index (κ2) is 5.50. The predicted octanol–water partition coefficient (Wildman–Crippen LogP) is 3.99. The summed E-state index contributed by atoms with van der Waals surface area (Å²) in [6.07, 6.45) is 7.05. The Labute approximate surface area is 114 Å². The van der Waals surface area contributed by atoms with E-state index in [9.17, 15) is 0 Å². The van der Waals surface area contributed by atoms with Gasteiger partial charge in [-0.1, -0.05) is 28.8 Å². The Morgan fingerprint density at radius 3 is 2.69 bits per heavy atom. The first kappa shape index (κ1) is 12.4. The van der Waals surface area contributed by atoms with Crippen LogP contribution in [-0.4, -0.2) is 22.9 Å². The van der Waals surface area contributed by atoms with Gasteiger partial charge in [0.2, 0.25) is 0 Å². The van der Waals surface area contributed by atoms with Crippen LogP contribution >= 0.6 is 31.9 Å². The van der Waals surface area contributed by atoms with Crippen molar-refractivity contribution in [3.63, 3.8) is 0 Å². The Hall–Kier alpha value is -0.0900. The highest BCUT2D eigenvalue weighted by Gasteiger charge is 2.26. The third kappa shape index (κ3) is 2.77. The van der Waals surface area contributed by atoms with Crippen LogP contribution < -0.4 is 4.90 Å². The zero-order chi connectivity index (χ0) is 11.5. The smallest absolute Gasteiger partial charge is 0.128 e. The van der Waals surface area contributed by atoms with Crippen molar-refractivity contribution in [3.05, 3.63) is 22.8 Å². The van der Waals surface area contributed by atoms with Gasteiger partial charge in [-0.25, -0.2) is 4.98 Å². The average molecular weight is 348 g/mol. The summed E-state index contributed by atoms with van der Waals surface area (Å²) >= 11 is 7.20. The Morgan fingerprint density at radius 2 is 2.06 bits per heavy atom. The van der Waals surface area contributed by atoms with E-state index in [-0.39, 0.29) is 0 Å². The van der Waals surface area contributed by atoms with E-state index in [0.29, 0.717) is 10.9 Å². The highest BCUT2D eigenvalue weighted by atomic mass is 79.9. The van der Waals surface area contributed by atoms with Gasteiger partial charge in [0.15, 0.2) is 0 Å². The summed E-state index contributed by atoms with van der Waals surface area (Å²) in [6, 6.07) is 4.69. The molecule has 0 aliphatic heterocycles. The van der Waals surface area contributed by atoms with Gasteiger partial charge in [-0.15, -0.1) is 0 Å². The number of anilines is 1. The van der Waals surface area contributed by atoms with Crippen molar-refractivity contribution in [1.29, 1.82) is 0 Å². The van der Waals surface area contributed by atoms with Crippen LogP contribution in [0.3, 0.4) is 0 Å². The largest absolute Gasteiger partial charge is 0.356 e. The molecule has 0 N–H and O–H groups in total. The molecule has 2 atom stereocenters. The minimum atomic E-state index is 0.572. The molecule has 1 aromatic rings. The Kier molecular flexibility index (Phi) is 4.25. The van der Waals surface area contributed by atoms with Crippen molar-refractivity contribution in [3.8, 4) is 0 Å². The molecule has 2 unspecified atom stereocenters. The lowest BCUT2D eigenvalue weighted by molar-refractivity contribution is 0.442. The normalized spacial score (nSPS) is 25.4. The van der Waals surface area contributed by atoms with Crippen molar-refractivity contribution in [1.82, 2.24) is 4.98 Å². The molecule has 4 heteroatoms. The molecule has 1 saturated carbocycles. The number of rotatable bonds is 2. The van der Waals surface area contributed by atoms with Crippen LogP contribution in [0.2, 0.25) is 0 Å². The Bertz CT molecular complexity index is 339. The van der Waals surface area contributed by atoms with Gasteiger partial charge in [-0.05, 0) is 40.9 Å². The van der Waals surface area contributed by atoms with Crippen LogP contribution in [0.5, 0.6) is 0 Å². The fourth-order valence-corrected chi connectivity index (χ4v) is 3.43. The number of hydrogen-bond donors (Lipinski definition) is 0.